The van der Waals surface area contributed by atoms with Gasteiger partial charge in [-0.15, -0.1) is 0 Å². The highest BCUT2D eigenvalue weighted by Gasteiger charge is 2.65. The van der Waals surface area contributed by atoms with Crippen molar-refractivity contribution in [1.82, 2.24) is 0 Å². The minimum Gasteiger partial charge on any atom is -0.600 e. The Balaban J connectivity index is 1.94. The SMILES string of the molecule is CC12c3ccccc3C(C)(c3ccccc31)C([NH+]([O-])O)C2c1ccccc1. The largest absolute Gasteiger partial charge is 0.600 e. The van der Waals surface area contributed by atoms with Crippen molar-refractivity contribution < 1.29 is 10.4 Å². The number of hydrogen-bond donors (Lipinski definition) is 2. The molecule has 0 saturated carbocycles. The Labute approximate surface area is 159 Å². The molecule has 0 spiro atoms. The summed E-state index contributed by atoms with van der Waals surface area (Å²) in [5, 5.41) is 22.4. The average molecular weight is 357 g/mol. The van der Waals surface area contributed by atoms with E-state index in [0.717, 1.165) is 16.7 Å². The first kappa shape index (κ1) is 16.7. The van der Waals surface area contributed by atoms with Crippen molar-refractivity contribution in [1.29, 1.82) is 0 Å². The van der Waals surface area contributed by atoms with Gasteiger partial charge in [0.15, 0.2) is 0 Å². The van der Waals surface area contributed by atoms with Crippen LogP contribution in [-0.4, -0.2) is 11.2 Å². The fraction of sp³-hybridized carbons (Fsp3) is 0.250. The maximum atomic E-state index is 12.7. The molecule has 0 radical (unpaired) electrons. The lowest BCUT2D eigenvalue weighted by Crippen LogP contribution is -3.13. The Morgan fingerprint density at radius 3 is 1.56 bits per heavy atom. The lowest BCUT2D eigenvalue weighted by Gasteiger charge is -2.61. The molecule has 0 saturated heterocycles. The van der Waals surface area contributed by atoms with E-state index in [4.69, 9.17) is 0 Å². The lowest BCUT2D eigenvalue weighted by atomic mass is 9.43. The van der Waals surface area contributed by atoms with Crippen molar-refractivity contribution in [2.75, 3.05) is 0 Å². The summed E-state index contributed by atoms with van der Waals surface area (Å²) in [6.07, 6.45) is 0. The van der Waals surface area contributed by atoms with Crippen LogP contribution < -0.4 is 5.23 Å². The van der Waals surface area contributed by atoms with Crippen LogP contribution in [-0.2, 0) is 10.8 Å². The van der Waals surface area contributed by atoms with E-state index in [1.807, 2.05) is 30.3 Å². The number of fused-ring (bicyclic) bond motifs is 1. The highest BCUT2D eigenvalue weighted by Crippen LogP contribution is 2.63. The van der Waals surface area contributed by atoms with Gasteiger partial charge in [-0.1, -0.05) is 85.8 Å². The van der Waals surface area contributed by atoms with E-state index in [-0.39, 0.29) is 11.3 Å². The molecule has 3 unspecified atom stereocenters. The summed E-state index contributed by atoms with van der Waals surface area (Å²) in [4.78, 5) is 0. The third-order valence-electron chi connectivity index (χ3n) is 7.09. The molecule has 6 rings (SSSR count). The molecule has 0 aromatic heterocycles. The van der Waals surface area contributed by atoms with Gasteiger partial charge < -0.3 is 5.21 Å². The second-order valence-electron chi connectivity index (χ2n) is 8.20. The molecular weight excluding hydrogens is 334 g/mol. The van der Waals surface area contributed by atoms with Crippen molar-refractivity contribution in [3.05, 3.63) is 112 Å². The standard InChI is InChI=1S/C24H23NO2/c1-23-17-12-6-8-14-19(17)24(2,20-15-9-7-13-18(20)23)22(25(26)27)21(23)16-10-4-3-5-11-16/h3-15,21-22,25-26H,1-2H3. The normalized spacial score (nSPS) is 31.9. The molecule has 0 heterocycles. The van der Waals surface area contributed by atoms with Crippen LogP contribution in [0, 0.1) is 5.21 Å². The maximum Gasteiger partial charge on any atom is 0.138 e. The fourth-order valence-electron chi connectivity index (χ4n) is 5.98. The highest BCUT2D eigenvalue weighted by atomic mass is 16.8. The Morgan fingerprint density at radius 2 is 1.11 bits per heavy atom. The molecule has 0 amide bonds. The van der Waals surface area contributed by atoms with Crippen molar-refractivity contribution in [2.45, 2.75) is 36.6 Å². The number of hydrogen-bond acceptors (Lipinski definition) is 2. The van der Waals surface area contributed by atoms with Crippen LogP contribution in [0.1, 0.15) is 47.6 Å². The van der Waals surface area contributed by atoms with Gasteiger partial charge in [0.25, 0.3) is 0 Å². The maximum absolute atomic E-state index is 12.7. The summed E-state index contributed by atoms with van der Waals surface area (Å²) >= 11 is 0. The Morgan fingerprint density at radius 1 is 0.704 bits per heavy atom. The van der Waals surface area contributed by atoms with E-state index < -0.39 is 16.7 Å². The summed E-state index contributed by atoms with van der Waals surface area (Å²) in [5.74, 6) is -0.119. The molecular formula is C24H23NO2. The Bertz CT molecular complexity index is 964. The third-order valence-corrected chi connectivity index (χ3v) is 7.09. The van der Waals surface area contributed by atoms with Gasteiger partial charge in [-0.05, 0) is 34.7 Å². The van der Waals surface area contributed by atoms with Gasteiger partial charge in [0.05, 0.1) is 11.3 Å². The van der Waals surface area contributed by atoms with Crippen molar-refractivity contribution in [3.8, 4) is 0 Å². The second-order valence-corrected chi connectivity index (χ2v) is 8.20. The van der Waals surface area contributed by atoms with Crippen LogP contribution in [0.15, 0.2) is 78.9 Å². The van der Waals surface area contributed by atoms with Crippen LogP contribution in [0.25, 0.3) is 0 Å². The molecule has 2 bridgehead atoms. The molecule has 0 aliphatic heterocycles. The van der Waals surface area contributed by atoms with Gasteiger partial charge in [0.1, 0.15) is 6.04 Å². The molecule has 136 valence electrons. The molecule has 3 aromatic rings. The molecule has 2 N–H and O–H groups in total. The molecule has 3 nitrogen and oxygen atoms in total. The first-order valence-corrected chi connectivity index (χ1v) is 9.48. The topological polar surface area (TPSA) is 47.7 Å². The van der Waals surface area contributed by atoms with Gasteiger partial charge in [-0.2, -0.15) is 0 Å². The van der Waals surface area contributed by atoms with E-state index >= 15 is 0 Å². The van der Waals surface area contributed by atoms with E-state index in [0.29, 0.717) is 0 Å². The molecule has 3 aromatic carbocycles. The molecule has 0 fully saturated rings. The number of nitrogens with one attached hydrogen (secondary N) is 1. The average Bonchev–Trinajstić information content (AvgIpc) is 2.70. The van der Waals surface area contributed by atoms with E-state index in [1.54, 1.807) is 0 Å². The quantitative estimate of drug-likeness (QED) is 0.689. The lowest BCUT2D eigenvalue weighted by molar-refractivity contribution is -1.07. The van der Waals surface area contributed by atoms with Gasteiger partial charge in [-0.3, -0.25) is 0 Å². The summed E-state index contributed by atoms with van der Waals surface area (Å²) in [6.45, 7) is 4.36. The Hall–Kier alpha value is -2.46. The predicted octanol–water partition coefficient (Wildman–Crippen LogP) is 3.55. The summed E-state index contributed by atoms with van der Waals surface area (Å²) < 4.78 is 0. The van der Waals surface area contributed by atoms with Crippen LogP contribution >= 0.6 is 0 Å². The molecule has 27 heavy (non-hydrogen) atoms. The zero-order chi connectivity index (χ0) is 18.8. The predicted molar refractivity (Wildman–Crippen MR) is 105 cm³/mol. The molecule has 3 aliphatic rings. The highest BCUT2D eigenvalue weighted by molar-refractivity contribution is 5.66. The fourth-order valence-corrected chi connectivity index (χ4v) is 5.98. The monoisotopic (exact) mass is 357 g/mol. The summed E-state index contributed by atoms with van der Waals surface area (Å²) in [7, 11) is 0. The third kappa shape index (κ3) is 1.91. The summed E-state index contributed by atoms with van der Waals surface area (Å²) in [5.41, 5.74) is 5.00. The molecule has 3 heteroatoms. The minimum atomic E-state index is -0.721. The van der Waals surface area contributed by atoms with Crippen molar-refractivity contribution >= 4 is 0 Å². The second kappa shape index (κ2) is 5.52. The number of benzene rings is 3. The van der Waals surface area contributed by atoms with Gasteiger partial charge in [0.2, 0.25) is 0 Å². The summed E-state index contributed by atoms with van der Waals surface area (Å²) in [6, 6.07) is 26.5. The minimum absolute atomic E-state index is 0.119. The van der Waals surface area contributed by atoms with Crippen LogP contribution in [0.4, 0.5) is 0 Å². The van der Waals surface area contributed by atoms with Gasteiger partial charge in [0, 0.05) is 5.41 Å². The Kier molecular flexibility index (Phi) is 3.41. The molecule has 3 aliphatic carbocycles. The number of rotatable bonds is 2. The van der Waals surface area contributed by atoms with Gasteiger partial charge in [-0.25, -0.2) is 10.4 Å². The van der Waals surface area contributed by atoms with Crippen molar-refractivity contribution in [2.24, 2.45) is 0 Å². The molecule has 3 atom stereocenters. The zero-order valence-electron chi connectivity index (χ0n) is 15.5. The first-order chi connectivity index (χ1) is 13.0. The van der Waals surface area contributed by atoms with Crippen LogP contribution in [0.5, 0.6) is 0 Å². The number of hydroxylamine groups is 2. The zero-order valence-corrected chi connectivity index (χ0v) is 15.5. The van der Waals surface area contributed by atoms with Crippen LogP contribution in [0.3, 0.4) is 0 Å². The smallest absolute Gasteiger partial charge is 0.138 e. The van der Waals surface area contributed by atoms with E-state index in [1.165, 1.54) is 11.1 Å². The van der Waals surface area contributed by atoms with Crippen LogP contribution in [0.2, 0.25) is 0 Å². The first-order valence-electron chi connectivity index (χ1n) is 9.48. The van der Waals surface area contributed by atoms with Crippen molar-refractivity contribution in [3.63, 3.8) is 0 Å². The van der Waals surface area contributed by atoms with Gasteiger partial charge >= 0.3 is 0 Å². The van der Waals surface area contributed by atoms with E-state index in [9.17, 15) is 10.4 Å². The number of quaternary nitrogens is 1. The van der Waals surface area contributed by atoms with E-state index in [2.05, 4.69) is 62.4 Å².